The Labute approximate surface area is 188 Å². The number of benzene rings is 1. The van der Waals surface area contributed by atoms with Crippen LogP contribution in [0.1, 0.15) is 67.2 Å². The van der Waals surface area contributed by atoms with E-state index in [0.29, 0.717) is 12.4 Å². The fourth-order valence-electron chi connectivity index (χ4n) is 5.50. The van der Waals surface area contributed by atoms with Gasteiger partial charge < -0.3 is 14.6 Å². The van der Waals surface area contributed by atoms with Gasteiger partial charge in [-0.1, -0.05) is 25.0 Å². The number of hydrogen-bond donors (Lipinski definition) is 1. The van der Waals surface area contributed by atoms with Crippen molar-refractivity contribution in [2.75, 3.05) is 20.2 Å². The second kappa shape index (κ2) is 9.06. The highest BCUT2D eigenvalue weighted by atomic mass is 16.5. The summed E-state index contributed by atoms with van der Waals surface area (Å²) in [4.78, 5) is 38.3. The van der Waals surface area contributed by atoms with Crippen molar-refractivity contribution in [2.24, 2.45) is 5.92 Å². The van der Waals surface area contributed by atoms with Crippen LogP contribution in [0.15, 0.2) is 29.1 Å². The van der Waals surface area contributed by atoms with Gasteiger partial charge in [0.2, 0.25) is 5.91 Å². The molecule has 1 N–H and O–H groups in total. The van der Waals surface area contributed by atoms with Gasteiger partial charge in [-0.3, -0.25) is 14.5 Å². The summed E-state index contributed by atoms with van der Waals surface area (Å²) in [5.41, 5.74) is 2.81. The van der Waals surface area contributed by atoms with E-state index in [1.54, 1.807) is 7.11 Å². The van der Waals surface area contributed by atoms with E-state index in [-0.39, 0.29) is 23.4 Å². The number of methoxy groups -OCH3 is 1. The summed E-state index contributed by atoms with van der Waals surface area (Å²) in [5, 5.41) is 0. The van der Waals surface area contributed by atoms with Crippen molar-refractivity contribution in [1.29, 1.82) is 0 Å². The van der Waals surface area contributed by atoms with Gasteiger partial charge in [-0.25, -0.2) is 4.98 Å². The summed E-state index contributed by atoms with van der Waals surface area (Å²) in [7, 11) is 1.67. The number of fused-ring (bicyclic) bond motifs is 1. The van der Waals surface area contributed by atoms with E-state index in [2.05, 4.69) is 22.0 Å². The van der Waals surface area contributed by atoms with Crippen LogP contribution in [0.4, 0.5) is 0 Å². The van der Waals surface area contributed by atoms with Crippen molar-refractivity contribution < 1.29 is 9.53 Å². The van der Waals surface area contributed by atoms with Crippen LogP contribution in [-0.2, 0) is 24.3 Å². The molecule has 1 saturated heterocycles. The van der Waals surface area contributed by atoms with Crippen molar-refractivity contribution in [3.05, 3.63) is 57.3 Å². The zero-order valence-electron chi connectivity index (χ0n) is 18.8. The third kappa shape index (κ3) is 4.18. The lowest BCUT2D eigenvalue weighted by Gasteiger charge is -2.30. The number of nitrogens with one attached hydrogen (secondary N) is 1. The molecule has 5 rings (SSSR count). The summed E-state index contributed by atoms with van der Waals surface area (Å²) >= 11 is 0. The van der Waals surface area contributed by atoms with Crippen LogP contribution in [0.2, 0.25) is 0 Å². The number of likely N-dealkylation sites (tertiary alicyclic amines) is 1. The first-order valence-corrected chi connectivity index (χ1v) is 11.9. The maximum absolute atomic E-state index is 13.1. The molecule has 1 amide bonds. The lowest BCUT2D eigenvalue weighted by atomic mass is 10.0. The molecule has 1 saturated carbocycles. The number of ether oxygens (including phenoxy) is 1. The molecule has 1 aliphatic carbocycles. The summed E-state index contributed by atoms with van der Waals surface area (Å²) in [5.74, 6) is 1.95. The second-order valence-electron chi connectivity index (χ2n) is 9.36. The minimum Gasteiger partial charge on any atom is -0.497 e. The summed E-state index contributed by atoms with van der Waals surface area (Å²) in [6.07, 6.45) is 6.90. The van der Waals surface area contributed by atoms with Gasteiger partial charge in [0.15, 0.2) is 0 Å². The normalized spacial score (nSPS) is 21.7. The zero-order valence-corrected chi connectivity index (χ0v) is 18.8. The molecule has 1 unspecified atom stereocenters. The smallest absolute Gasteiger partial charge is 0.255 e. The maximum atomic E-state index is 13.1. The van der Waals surface area contributed by atoms with E-state index in [9.17, 15) is 9.59 Å². The molecule has 1 aromatic carbocycles. The molecule has 2 aliphatic heterocycles. The first-order valence-electron chi connectivity index (χ1n) is 11.9. The third-order valence-corrected chi connectivity index (χ3v) is 7.29. The van der Waals surface area contributed by atoms with Crippen molar-refractivity contribution in [1.82, 2.24) is 19.8 Å². The molecule has 7 nitrogen and oxygen atoms in total. The largest absolute Gasteiger partial charge is 0.497 e. The average Bonchev–Trinajstić information content (AvgIpc) is 3.52. The van der Waals surface area contributed by atoms with Crippen LogP contribution in [0.25, 0.3) is 0 Å². The third-order valence-electron chi connectivity index (χ3n) is 7.29. The van der Waals surface area contributed by atoms with Crippen molar-refractivity contribution in [3.63, 3.8) is 0 Å². The monoisotopic (exact) mass is 436 g/mol. The van der Waals surface area contributed by atoms with Crippen molar-refractivity contribution >= 4 is 5.91 Å². The second-order valence-corrected chi connectivity index (χ2v) is 9.36. The van der Waals surface area contributed by atoms with E-state index in [1.807, 2.05) is 17.0 Å². The Morgan fingerprint density at radius 1 is 1.12 bits per heavy atom. The standard InChI is InChI=1S/C25H32N4O3/c1-32-19-10-8-17(9-11-19)15-28-14-12-21-20(16-28)24(30)27-23(26-21)22-7-4-13-29(22)25(31)18-5-2-3-6-18/h8-11,18,22H,2-7,12-16H2,1H3,(H,26,27,30). The van der Waals surface area contributed by atoms with Gasteiger partial charge in [-0.05, 0) is 43.4 Å². The van der Waals surface area contributed by atoms with E-state index in [4.69, 9.17) is 9.72 Å². The van der Waals surface area contributed by atoms with E-state index in [0.717, 1.165) is 81.6 Å². The molecule has 1 aromatic heterocycles. The Kier molecular flexibility index (Phi) is 6.00. The Hall–Kier alpha value is -2.67. The molecule has 170 valence electrons. The summed E-state index contributed by atoms with van der Waals surface area (Å²) in [6, 6.07) is 7.98. The number of carbonyl (C=O) groups excluding carboxylic acids is 1. The minimum absolute atomic E-state index is 0.0513. The minimum atomic E-state index is -0.0848. The molecule has 3 heterocycles. The van der Waals surface area contributed by atoms with Gasteiger partial charge in [0.05, 0.1) is 24.4 Å². The van der Waals surface area contributed by atoms with Gasteiger partial charge in [0.25, 0.3) is 5.56 Å². The molecule has 32 heavy (non-hydrogen) atoms. The van der Waals surface area contributed by atoms with E-state index < -0.39 is 0 Å². The number of amides is 1. The molecule has 3 aliphatic rings. The Bertz CT molecular complexity index is 1030. The molecular weight excluding hydrogens is 404 g/mol. The van der Waals surface area contributed by atoms with Crippen LogP contribution < -0.4 is 10.3 Å². The molecule has 0 radical (unpaired) electrons. The van der Waals surface area contributed by atoms with Crippen LogP contribution >= 0.6 is 0 Å². The first kappa shape index (κ1) is 21.2. The number of nitrogens with zero attached hydrogens (tertiary/aromatic N) is 3. The lowest BCUT2D eigenvalue weighted by Crippen LogP contribution is -2.39. The average molecular weight is 437 g/mol. The predicted octanol–water partition coefficient (Wildman–Crippen LogP) is 3.19. The molecule has 0 bridgehead atoms. The van der Waals surface area contributed by atoms with Gasteiger partial charge in [0, 0.05) is 38.5 Å². The molecular formula is C25H32N4O3. The molecule has 2 fully saturated rings. The first-order chi connectivity index (χ1) is 15.6. The number of hydrogen-bond acceptors (Lipinski definition) is 5. The quantitative estimate of drug-likeness (QED) is 0.779. The van der Waals surface area contributed by atoms with Crippen LogP contribution in [0, 0.1) is 5.92 Å². The van der Waals surface area contributed by atoms with Crippen LogP contribution in [0.5, 0.6) is 5.75 Å². The maximum Gasteiger partial charge on any atom is 0.255 e. The van der Waals surface area contributed by atoms with Crippen LogP contribution in [0.3, 0.4) is 0 Å². The molecule has 2 aromatic rings. The summed E-state index contributed by atoms with van der Waals surface area (Å²) in [6.45, 7) is 3.02. The van der Waals surface area contributed by atoms with Gasteiger partial charge in [-0.15, -0.1) is 0 Å². The predicted molar refractivity (Wildman–Crippen MR) is 121 cm³/mol. The highest BCUT2D eigenvalue weighted by molar-refractivity contribution is 5.79. The van der Waals surface area contributed by atoms with Crippen LogP contribution in [-0.4, -0.2) is 45.9 Å². The summed E-state index contributed by atoms with van der Waals surface area (Å²) < 4.78 is 5.23. The van der Waals surface area contributed by atoms with Gasteiger partial charge >= 0.3 is 0 Å². The van der Waals surface area contributed by atoms with E-state index >= 15 is 0 Å². The van der Waals surface area contributed by atoms with Crippen molar-refractivity contribution in [3.8, 4) is 5.75 Å². The molecule has 7 heteroatoms. The Morgan fingerprint density at radius 3 is 2.66 bits per heavy atom. The zero-order chi connectivity index (χ0) is 22.1. The molecule has 0 spiro atoms. The number of aromatic nitrogens is 2. The number of rotatable bonds is 5. The number of aromatic amines is 1. The van der Waals surface area contributed by atoms with E-state index in [1.165, 1.54) is 5.56 Å². The highest BCUT2D eigenvalue weighted by Gasteiger charge is 2.36. The highest BCUT2D eigenvalue weighted by Crippen LogP contribution is 2.35. The SMILES string of the molecule is COc1ccc(CN2CCc3nc(C4CCCN4C(=O)C4CCCC4)[nH]c(=O)c3C2)cc1. The fourth-order valence-corrected chi connectivity index (χ4v) is 5.50. The molecule has 1 atom stereocenters. The number of H-pyrrole nitrogens is 1. The lowest BCUT2D eigenvalue weighted by molar-refractivity contribution is -0.136. The Balaban J connectivity index is 1.31. The van der Waals surface area contributed by atoms with Crippen molar-refractivity contribution in [2.45, 2.75) is 64.1 Å². The Morgan fingerprint density at radius 2 is 1.91 bits per heavy atom. The van der Waals surface area contributed by atoms with Gasteiger partial charge in [0.1, 0.15) is 11.6 Å². The van der Waals surface area contributed by atoms with Gasteiger partial charge in [-0.2, -0.15) is 0 Å². The number of carbonyl (C=O) groups is 1. The fraction of sp³-hybridized carbons (Fsp3) is 0.560. The topological polar surface area (TPSA) is 78.5 Å².